The van der Waals surface area contributed by atoms with Crippen molar-refractivity contribution >= 4 is 10.1 Å². The van der Waals surface area contributed by atoms with Gasteiger partial charge in [0.15, 0.2) is 17.3 Å². The van der Waals surface area contributed by atoms with Gasteiger partial charge in [0.2, 0.25) is 0 Å². The molecule has 162 valence electrons. The lowest BCUT2D eigenvalue weighted by molar-refractivity contribution is -0.598. The highest BCUT2D eigenvalue weighted by Crippen LogP contribution is 2.22. The first-order valence-electron chi connectivity index (χ1n) is 7.60. The molecule has 0 N–H and O–H groups in total. The number of hydrogen-bond acceptors (Lipinski definition) is 4. The molecule has 0 radical (unpaired) electrons. The predicted octanol–water partition coefficient (Wildman–Crippen LogP) is 1.69. The number of ether oxygens (including phenoxy) is 1. The third kappa shape index (κ3) is 8.78. The monoisotopic (exact) mass is 556 g/mol. The molecule has 0 aromatic heterocycles. The Kier molecular flexibility index (Phi) is 8.36. The minimum atomic E-state index is -6.09. The second-order valence-electron chi connectivity index (χ2n) is 5.71. The maximum absolute atomic E-state index is 12.1. The predicted molar refractivity (Wildman–Crippen MR) is 86.9 cm³/mol. The second-order valence-corrected chi connectivity index (χ2v) is 9.94. The van der Waals surface area contributed by atoms with Gasteiger partial charge >= 0.3 is 33.1 Å². The molecule has 2 aromatic rings. The average Bonchev–Trinajstić information content (AvgIpc) is 2.49. The minimum Gasteiger partial charge on any atom is -0.741 e. The van der Waals surface area contributed by atoms with E-state index >= 15 is 0 Å². The van der Waals surface area contributed by atoms with Crippen LogP contribution in [0.25, 0.3) is 0 Å². The lowest BCUT2D eigenvalue weighted by Crippen LogP contribution is -3.62. The van der Waals surface area contributed by atoms with Crippen LogP contribution < -0.4 is 25.9 Å². The van der Waals surface area contributed by atoms with Crippen LogP contribution in [0.15, 0.2) is 36.4 Å². The molecule has 0 heterocycles. The first-order valence-corrected chi connectivity index (χ1v) is 11.2. The summed E-state index contributed by atoms with van der Waals surface area (Å²) in [5.41, 5.74) is -1.92. The Labute approximate surface area is 173 Å². The summed E-state index contributed by atoms with van der Waals surface area (Å²) >= 11 is -0.411. The zero-order chi connectivity index (χ0) is 22.6. The van der Waals surface area contributed by atoms with Crippen LogP contribution in [0.4, 0.5) is 26.3 Å². The summed E-state index contributed by atoms with van der Waals surface area (Å²) in [6.45, 7) is 6.22. The minimum absolute atomic E-state index is 0.174. The Morgan fingerprint density at radius 2 is 1.31 bits per heavy atom. The fourth-order valence-electron chi connectivity index (χ4n) is 2.12. The third-order valence-electron chi connectivity index (χ3n) is 3.12. The average molecular weight is 556 g/mol. The van der Waals surface area contributed by atoms with Gasteiger partial charge in [-0.3, -0.25) is 0 Å². The van der Waals surface area contributed by atoms with E-state index in [1.54, 1.807) is 12.1 Å². The number of halogens is 7. The Hall–Kier alpha value is -1.54. The van der Waals surface area contributed by atoms with E-state index in [0.717, 1.165) is 3.57 Å². The van der Waals surface area contributed by atoms with Gasteiger partial charge in [0.1, 0.15) is 5.75 Å². The summed E-state index contributed by atoms with van der Waals surface area (Å²) in [5.74, 6) is -0.174. The quantitative estimate of drug-likeness (QED) is 0.250. The van der Waals surface area contributed by atoms with E-state index in [-0.39, 0.29) is 5.75 Å². The summed E-state index contributed by atoms with van der Waals surface area (Å²) in [7, 11) is -6.09. The summed E-state index contributed by atoms with van der Waals surface area (Å²) in [4.78, 5) is 0. The number of hydrogen-bond donors (Lipinski definition) is 0. The van der Waals surface area contributed by atoms with Gasteiger partial charge < -0.3 is 9.29 Å². The molecule has 0 saturated heterocycles. The van der Waals surface area contributed by atoms with Gasteiger partial charge in [-0.1, -0.05) is 17.7 Å². The van der Waals surface area contributed by atoms with Crippen LogP contribution in [0.1, 0.15) is 16.7 Å². The lowest BCUT2D eigenvalue weighted by Gasteiger charge is -2.08. The van der Waals surface area contributed by atoms with Crippen LogP contribution in [-0.4, -0.2) is 24.8 Å². The third-order valence-corrected chi connectivity index (χ3v) is 7.26. The second kappa shape index (κ2) is 9.51. The van der Waals surface area contributed by atoms with Crippen molar-refractivity contribution in [1.29, 1.82) is 0 Å². The van der Waals surface area contributed by atoms with E-state index in [1.807, 2.05) is 0 Å². The maximum Gasteiger partial charge on any atom is 0.573 e. The van der Waals surface area contributed by atoms with Crippen molar-refractivity contribution in [2.24, 2.45) is 0 Å². The van der Waals surface area contributed by atoms with Gasteiger partial charge in [0.05, 0.1) is 0 Å². The summed E-state index contributed by atoms with van der Waals surface area (Å²) in [5, 5.41) is 0. The van der Waals surface area contributed by atoms with Crippen molar-refractivity contribution in [3.05, 3.63) is 60.2 Å². The molecule has 12 heteroatoms. The van der Waals surface area contributed by atoms with Crippen LogP contribution >= 0.6 is 0 Å². The summed E-state index contributed by atoms with van der Waals surface area (Å²) < 4.78 is 102. The zero-order valence-corrected chi connectivity index (χ0v) is 18.1. The molecule has 2 rings (SSSR count). The van der Waals surface area contributed by atoms with Crippen molar-refractivity contribution in [1.82, 2.24) is 0 Å². The van der Waals surface area contributed by atoms with Gasteiger partial charge in [0.25, 0.3) is 0 Å². The van der Waals surface area contributed by atoms with Crippen LogP contribution in [-0.2, 0) is 10.1 Å². The molecule has 0 saturated carbocycles. The molecule has 0 atom stereocenters. The van der Waals surface area contributed by atoms with Crippen LogP contribution in [0.5, 0.6) is 5.75 Å². The van der Waals surface area contributed by atoms with E-state index in [9.17, 15) is 26.3 Å². The largest absolute Gasteiger partial charge is 0.741 e. The van der Waals surface area contributed by atoms with Crippen LogP contribution in [0.2, 0.25) is 0 Å². The van der Waals surface area contributed by atoms with Gasteiger partial charge in [-0.2, -0.15) is 13.2 Å². The van der Waals surface area contributed by atoms with Crippen LogP contribution in [0.3, 0.4) is 0 Å². The molecule has 0 aliphatic carbocycles. The molecular formula is C17H15F6IO4S. The van der Waals surface area contributed by atoms with Crippen molar-refractivity contribution in [3.63, 3.8) is 0 Å². The van der Waals surface area contributed by atoms with Crippen LogP contribution in [0, 0.1) is 27.9 Å². The first-order chi connectivity index (χ1) is 13.0. The van der Waals surface area contributed by atoms with E-state index in [0.29, 0.717) is 0 Å². The van der Waals surface area contributed by atoms with Crippen molar-refractivity contribution in [3.8, 4) is 5.75 Å². The first kappa shape index (κ1) is 25.5. The van der Waals surface area contributed by atoms with Gasteiger partial charge in [0, 0.05) is 11.1 Å². The van der Waals surface area contributed by atoms with Crippen molar-refractivity contribution in [2.45, 2.75) is 32.6 Å². The van der Waals surface area contributed by atoms with Gasteiger partial charge in [-0.15, -0.1) is 13.2 Å². The van der Waals surface area contributed by atoms with Gasteiger partial charge in [-0.25, -0.2) is 8.42 Å². The fourth-order valence-corrected chi connectivity index (χ4v) is 4.62. The Balaban J connectivity index is 0.000000447. The molecule has 0 unspecified atom stereocenters. The van der Waals surface area contributed by atoms with E-state index < -0.39 is 43.2 Å². The molecule has 4 nitrogen and oxygen atoms in total. The number of benzene rings is 2. The SMILES string of the molecule is Cc1cc(C)c([I+]c2ccc(OC(F)(F)F)cc2)c(C)c1.O=S(=O)([O-])C(F)(F)F. The number of alkyl halides is 6. The van der Waals surface area contributed by atoms with E-state index in [1.165, 1.54) is 32.4 Å². The highest BCUT2D eigenvalue weighted by atomic mass is 127. The molecule has 0 amide bonds. The molecule has 0 spiro atoms. The zero-order valence-electron chi connectivity index (χ0n) is 15.2. The Morgan fingerprint density at radius 1 is 0.897 bits per heavy atom. The summed E-state index contributed by atoms with van der Waals surface area (Å²) in [6, 6.07) is 10.5. The molecular weight excluding hydrogens is 541 g/mol. The van der Waals surface area contributed by atoms with E-state index in [2.05, 4.69) is 37.6 Å². The Morgan fingerprint density at radius 3 is 1.66 bits per heavy atom. The molecule has 2 aromatic carbocycles. The van der Waals surface area contributed by atoms with Crippen molar-refractivity contribution < 1.29 is 65.3 Å². The summed E-state index contributed by atoms with van der Waals surface area (Å²) in [6.07, 6.45) is -4.64. The molecule has 29 heavy (non-hydrogen) atoms. The van der Waals surface area contributed by atoms with Gasteiger partial charge in [-0.05, 0) is 45.0 Å². The number of rotatable bonds is 3. The highest BCUT2D eigenvalue weighted by Gasteiger charge is 2.37. The van der Waals surface area contributed by atoms with E-state index in [4.69, 9.17) is 13.0 Å². The Bertz CT molecular complexity index is 915. The molecule has 0 aliphatic heterocycles. The molecule has 0 aliphatic rings. The fraction of sp³-hybridized carbons (Fsp3) is 0.294. The molecule has 0 fully saturated rings. The highest BCUT2D eigenvalue weighted by molar-refractivity contribution is 7.86. The standard InChI is InChI=1S/C16H15F3IO.CHF3O3S/c1-10-8-11(2)15(12(3)9-10)20-13-4-6-14(7-5-13)21-16(17,18)19;2-1(3,4)8(5,6)7/h4-9H,1-3H3;(H,5,6,7)/q+1;/p-1. The molecule has 0 bridgehead atoms. The maximum atomic E-state index is 12.1. The normalized spacial score (nSPS) is 12.2. The smallest absolute Gasteiger partial charge is 0.573 e. The lowest BCUT2D eigenvalue weighted by atomic mass is 10.1. The number of aryl methyl sites for hydroxylation is 3. The van der Waals surface area contributed by atoms with Crippen molar-refractivity contribution in [2.75, 3.05) is 0 Å². The topological polar surface area (TPSA) is 66.4 Å².